The first kappa shape index (κ1) is 12.2. The lowest BCUT2D eigenvalue weighted by molar-refractivity contribution is 0.218. The Kier molecular flexibility index (Phi) is 3.68. The van der Waals surface area contributed by atoms with Gasteiger partial charge in [0.25, 0.3) is 0 Å². The Morgan fingerprint density at radius 3 is 2.83 bits per heavy atom. The molecule has 1 aliphatic rings. The lowest BCUT2D eigenvalue weighted by atomic mass is 10.1. The molecule has 0 bridgehead atoms. The Labute approximate surface area is 106 Å². The predicted octanol–water partition coefficient (Wildman–Crippen LogP) is 1.68. The summed E-state index contributed by atoms with van der Waals surface area (Å²) >= 11 is 0. The van der Waals surface area contributed by atoms with Crippen molar-refractivity contribution in [1.29, 1.82) is 5.26 Å². The molecule has 0 saturated carbocycles. The minimum Gasteiger partial charge on any atom is -0.497 e. The molecule has 18 heavy (non-hydrogen) atoms. The Morgan fingerprint density at radius 1 is 1.50 bits per heavy atom. The number of urea groups is 1. The maximum absolute atomic E-state index is 11.7. The first-order valence-corrected chi connectivity index (χ1v) is 5.81. The maximum atomic E-state index is 11.7. The molecule has 5 nitrogen and oxygen atoms in total. The summed E-state index contributed by atoms with van der Waals surface area (Å²) in [5.41, 5.74) is 1.05. The van der Waals surface area contributed by atoms with Crippen LogP contribution in [0.4, 0.5) is 4.79 Å². The van der Waals surface area contributed by atoms with Crippen molar-refractivity contribution in [3.63, 3.8) is 0 Å². The van der Waals surface area contributed by atoms with Crippen LogP contribution in [0.1, 0.15) is 18.0 Å². The third-order valence-corrected chi connectivity index (χ3v) is 3.00. The van der Waals surface area contributed by atoms with Gasteiger partial charge in [-0.05, 0) is 17.7 Å². The second-order valence-corrected chi connectivity index (χ2v) is 4.13. The SMILES string of the molecule is COc1ccc(C2CN(CCC#N)C(=O)N2)cc1. The molecule has 1 aliphatic heterocycles. The summed E-state index contributed by atoms with van der Waals surface area (Å²) in [5.74, 6) is 0.796. The minimum atomic E-state index is -0.105. The fraction of sp³-hybridized carbons (Fsp3) is 0.385. The van der Waals surface area contributed by atoms with Gasteiger partial charge in [-0.15, -0.1) is 0 Å². The van der Waals surface area contributed by atoms with Crippen LogP contribution < -0.4 is 10.1 Å². The van der Waals surface area contributed by atoms with Crippen molar-refractivity contribution < 1.29 is 9.53 Å². The van der Waals surface area contributed by atoms with E-state index in [-0.39, 0.29) is 12.1 Å². The summed E-state index contributed by atoms with van der Waals surface area (Å²) < 4.78 is 5.09. The Bertz CT molecular complexity index is 464. The number of nitrogens with zero attached hydrogens (tertiary/aromatic N) is 2. The van der Waals surface area contributed by atoms with Crippen molar-refractivity contribution in [2.24, 2.45) is 0 Å². The zero-order chi connectivity index (χ0) is 13.0. The zero-order valence-electron chi connectivity index (χ0n) is 10.2. The fourth-order valence-electron chi connectivity index (χ4n) is 1.99. The molecular formula is C13H15N3O2. The molecule has 1 N–H and O–H groups in total. The number of amides is 2. The molecule has 1 unspecified atom stereocenters. The van der Waals surface area contributed by atoms with Gasteiger partial charge in [0.1, 0.15) is 5.75 Å². The molecule has 2 amide bonds. The van der Waals surface area contributed by atoms with Gasteiger partial charge in [0.2, 0.25) is 0 Å². The van der Waals surface area contributed by atoms with E-state index in [1.807, 2.05) is 30.3 Å². The molecule has 0 aromatic heterocycles. The van der Waals surface area contributed by atoms with Crippen LogP contribution in [0.2, 0.25) is 0 Å². The number of rotatable bonds is 4. The largest absolute Gasteiger partial charge is 0.497 e. The molecule has 1 aromatic rings. The summed E-state index contributed by atoms with van der Waals surface area (Å²) in [6.07, 6.45) is 0.364. The highest BCUT2D eigenvalue weighted by Crippen LogP contribution is 2.22. The van der Waals surface area contributed by atoms with Crippen molar-refractivity contribution >= 4 is 6.03 Å². The molecule has 0 aliphatic carbocycles. The van der Waals surface area contributed by atoms with Gasteiger partial charge in [-0.2, -0.15) is 5.26 Å². The molecular weight excluding hydrogens is 230 g/mol. The van der Waals surface area contributed by atoms with E-state index in [9.17, 15) is 4.79 Å². The number of methoxy groups -OCH3 is 1. The first-order chi connectivity index (χ1) is 8.74. The van der Waals surface area contributed by atoms with Gasteiger partial charge in [-0.1, -0.05) is 12.1 Å². The van der Waals surface area contributed by atoms with E-state index >= 15 is 0 Å². The molecule has 1 heterocycles. The van der Waals surface area contributed by atoms with Crippen LogP contribution in [-0.2, 0) is 0 Å². The van der Waals surface area contributed by atoms with E-state index in [1.165, 1.54) is 0 Å². The summed E-state index contributed by atoms with van der Waals surface area (Å²) in [6, 6.07) is 9.56. The quantitative estimate of drug-likeness (QED) is 0.877. The van der Waals surface area contributed by atoms with Crippen LogP contribution in [-0.4, -0.2) is 31.1 Å². The zero-order valence-corrected chi connectivity index (χ0v) is 10.2. The summed E-state index contributed by atoms with van der Waals surface area (Å²) in [7, 11) is 1.62. The number of nitrogens with one attached hydrogen (secondary N) is 1. The lowest BCUT2D eigenvalue weighted by Gasteiger charge is -2.12. The van der Waals surface area contributed by atoms with E-state index in [4.69, 9.17) is 10.00 Å². The number of benzene rings is 1. The van der Waals surface area contributed by atoms with E-state index in [2.05, 4.69) is 5.32 Å². The third-order valence-electron chi connectivity index (χ3n) is 3.00. The van der Waals surface area contributed by atoms with E-state index < -0.39 is 0 Å². The molecule has 94 valence electrons. The number of carbonyl (C=O) groups excluding carboxylic acids is 1. The second-order valence-electron chi connectivity index (χ2n) is 4.13. The Hall–Kier alpha value is -2.22. The van der Waals surface area contributed by atoms with Gasteiger partial charge in [0.15, 0.2) is 0 Å². The van der Waals surface area contributed by atoms with Crippen molar-refractivity contribution in [2.75, 3.05) is 20.2 Å². The highest BCUT2D eigenvalue weighted by Gasteiger charge is 2.29. The Morgan fingerprint density at radius 2 is 2.22 bits per heavy atom. The molecule has 5 heteroatoms. The normalized spacial score (nSPS) is 18.3. The molecule has 0 radical (unpaired) electrons. The van der Waals surface area contributed by atoms with Crippen LogP contribution in [0.3, 0.4) is 0 Å². The van der Waals surface area contributed by atoms with Crippen LogP contribution in [0, 0.1) is 11.3 Å². The fourth-order valence-corrected chi connectivity index (χ4v) is 1.99. The van der Waals surface area contributed by atoms with Gasteiger partial charge in [0, 0.05) is 13.1 Å². The third kappa shape index (κ3) is 2.54. The van der Waals surface area contributed by atoms with Gasteiger partial charge in [-0.3, -0.25) is 0 Å². The molecule has 2 rings (SSSR count). The van der Waals surface area contributed by atoms with E-state index in [0.29, 0.717) is 19.5 Å². The van der Waals surface area contributed by atoms with E-state index in [1.54, 1.807) is 12.0 Å². The minimum absolute atomic E-state index is 0.0119. The van der Waals surface area contributed by atoms with Crippen LogP contribution in [0.25, 0.3) is 0 Å². The summed E-state index contributed by atoms with van der Waals surface area (Å²) in [6.45, 7) is 1.09. The van der Waals surface area contributed by atoms with Gasteiger partial charge >= 0.3 is 6.03 Å². The number of ether oxygens (including phenoxy) is 1. The summed E-state index contributed by atoms with van der Waals surface area (Å²) in [5, 5.41) is 11.4. The monoisotopic (exact) mass is 245 g/mol. The number of hydrogen-bond donors (Lipinski definition) is 1. The Balaban J connectivity index is 2.02. The molecule has 0 spiro atoms. The second kappa shape index (κ2) is 5.41. The summed E-state index contributed by atoms with van der Waals surface area (Å²) in [4.78, 5) is 13.3. The highest BCUT2D eigenvalue weighted by molar-refractivity contribution is 5.77. The molecule has 1 saturated heterocycles. The number of hydrogen-bond acceptors (Lipinski definition) is 3. The topological polar surface area (TPSA) is 65.4 Å². The predicted molar refractivity (Wildman–Crippen MR) is 66.1 cm³/mol. The van der Waals surface area contributed by atoms with Crippen molar-refractivity contribution in [3.05, 3.63) is 29.8 Å². The maximum Gasteiger partial charge on any atom is 0.318 e. The smallest absolute Gasteiger partial charge is 0.318 e. The van der Waals surface area contributed by atoms with Crippen molar-refractivity contribution in [1.82, 2.24) is 10.2 Å². The van der Waals surface area contributed by atoms with E-state index in [0.717, 1.165) is 11.3 Å². The molecule has 1 atom stereocenters. The van der Waals surface area contributed by atoms with Gasteiger partial charge < -0.3 is 15.0 Å². The van der Waals surface area contributed by atoms with Crippen molar-refractivity contribution in [2.45, 2.75) is 12.5 Å². The van der Waals surface area contributed by atoms with Crippen LogP contribution in [0.15, 0.2) is 24.3 Å². The van der Waals surface area contributed by atoms with Crippen LogP contribution >= 0.6 is 0 Å². The average molecular weight is 245 g/mol. The van der Waals surface area contributed by atoms with Gasteiger partial charge in [-0.25, -0.2) is 4.79 Å². The van der Waals surface area contributed by atoms with Crippen LogP contribution in [0.5, 0.6) is 5.75 Å². The average Bonchev–Trinajstić information content (AvgIpc) is 2.78. The number of carbonyl (C=O) groups is 1. The first-order valence-electron chi connectivity index (χ1n) is 5.81. The number of nitriles is 1. The standard InChI is InChI=1S/C13H15N3O2/c1-18-11-5-3-10(4-6-11)12-9-16(8-2-7-14)13(17)15-12/h3-6,12H,2,8-9H2,1H3,(H,15,17). The highest BCUT2D eigenvalue weighted by atomic mass is 16.5. The van der Waals surface area contributed by atoms with Gasteiger partial charge in [0.05, 0.1) is 25.6 Å². The molecule has 1 aromatic carbocycles. The van der Waals surface area contributed by atoms with Crippen molar-refractivity contribution in [3.8, 4) is 11.8 Å². The lowest BCUT2D eigenvalue weighted by Crippen LogP contribution is -2.28. The molecule has 1 fully saturated rings.